The van der Waals surface area contributed by atoms with Crippen molar-refractivity contribution in [2.45, 2.75) is 18.7 Å². The maximum atomic E-state index is 12.9. The van der Waals surface area contributed by atoms with Crippen molar-refractivity contribution in [3.05, 3.63) is 65.6 Å². The van der Waals surface area contributed by atoms with Crippen LogP contribution in [0.25, 0.3) is 5.82 Å². The largest absolute Gasteiger partial charge is 0.319 e. The van der Waals surface area contributed by atoms with Gasteiger partial charge >= 0.3 is 0 Å². The van der Waals surface area contributed by atoms with Crippen molar-refractivity contribution in [1.82, 2.24) is 19.1 Å². The molecule has 0 atom stereocenters. The summed E-state index contributed by atoms with van der Waals surface area (Å²) >= 11 is 6.19. The van der Waals surface area contributed by atoms with Crippen molar-refractivity contribution in [1.29, 1.82) is 0 Å². The summed E-state index contributed by atoms with van der Waals surface area (Å²) in [6.07, 6.45) is 4.87. The van der Waals surface area contributed by atoms with Gasteiger partial charge in [0, 0.05) is 31.7 Å². The van der Waals surface area contributed by atoms with Gasteiger partial charge in [-0.25, -0.2) is 18.1 Å². The van der Waals surface area contributed by atoms with Crippen LogP contribution >= 0.6 is 11.6 Å². The van der Waals surface area contributed by atoms with E-state index in [9.17, 15) is 13.2 Å². The average molecular weight is 434 g/mol. The van der Waals surface area contributed by atoms with Gasteiger partial charge in [0.25, 0.3) is 5.91 Å². The number of rotatable bonds is 7. The molecule has 1 amide bonds. The number of halogens is 1. The lowest BCUT2D eigenvalue weighted by atomic mass is 10.2. The Kier molecular flexibility index (Phi) is 6.31. The lowest BCUT2D eigenvalue weighted by Crippen LogP contribution is -2.30. The number of aromatic nitrogens is 3. The number of amides is 1. The van der Waals surface area contributed by atoms with Crippen LogP contribution in [0, 0.1) is 0 Å². The summed E-state index contributed by atoms with van der Waals surface area (Å²) in [6.45, 7) is 4.16. The maximum Gasteiger partial charge on any atom is 0.257 e. The number of benzene rings is 1. The van der Waals surface area contributed by atoms with Crippen LogP contribution in [0.3, 0.4) is 0 Å². The molecule has 0 aliphatic rings. The Labute approximate surface area is 174 Å². The normalized spacial score (nSPS) is 11.6. The first-order valence-electron chi connectivity index (χ1n) is 8.94. The fourth-order valence-corrected chi connectivity index (χ4v) is 4.50. The zero-order chi connectivity index (χ0) is 21.0. The van der Waals surface area contributed by atoms with Crippen LogP contribution in [-0.2, 0) is 10.0 Å². The Bertz CT molecular complexity index is 1110. The second-order valence-electron chi connectivity index (χ2n) is 6.01. The molecule has 0 fully saturated rings. The molecule has 1 aromatic carbocycles. The van der Waals surface area contributed by atoms with Crippen molar-refractivity contribution in [2.75, 3.05) is 18.4 Å². The molecule has 0 saturated carbocycles. The fourth-order valence-electron chi connectivity index (χ4n) is 2.81. The van der Waals surface area contributed by atoms with Crippen molar-refractivity contribution in [2.24, 2.45) is 0 Å². The van der Waals surface area contributed by atoms with Crippen LogP contribution in [0.15, 0.2) is 59.9 Å². The Morgan fingerprint density at radius 1 is 1.17 bits per heavy atom. The van der Waals surface area contributed by atoms with Crippen LogP contribution in [0.5, 0.6) is 0 Å². The highest BCUT2D eigenvalue weighted by Gasteiger charge is 2.24. The van der Waals surface area contributed by atoms with Crippen LogP contribution in [0.2, 0.25) is 5.02 Å². The predicted molar refractivity (Wildman–Crippen MR) is 111 cm³/mol. The summed E-state index contributed by atoms with van der Waals surface area (Å²) in [5.74, 6) is -0.123. The zero-order valence-electron chi connectivity index (χ0n) is 15.9. The summed E-state index contributed by atoms with van der Waals surface area (Å²) < 4.78 is 28.4. The Morgan fingerprint density at radius 3 is 2.59 bits per heavy atom. The second kappa shape index (κ2) is 8.73. The lowest BCUT2D eigenvalue weighted by Gasteiger charge is -2.19. The minimum atomic E-state index is -3.72. The summed E-state index contributed by atoms with van der Waals surface area (Å²) in [7, 11) is -3.72. The van der Waals surface area contributed by atoms with E-state index in [0.29, 0.717) is 24.6 Å². The molecule has 0 spiro atoms. The van der Waals surface area contributed by atoms with Gasteiger partial charge in [0.15, 0.2) is 5.82 Å². The summed E-state index contributed by atoms with van der Waals surface area (Å²) in [5, 5.41) is 7.00. The van der Waals surface area contributed by atoms with Crippen molar-refractivity contribution in [3.8, 4) is 5.82 Å². The third-order valence-corrected chi connectivity index (χ3v) is 6.66. The van der Waals surface area contributed by atoms with Crippen LogP contribution < -0.4 is 5.32 Å². The highest BCUT2D eigenvalue weighted by atomic mass is 35.5. The molecule has 0 radical (unpaired) electrons. The zero-order valence-corrected chi connectivity index (χ0v) is 17.5. The van der Waals surface area contributed by atoms with Gasteiger partial charge in [0.2, 0.25) is 10.0 Å². The molecule has 29 heavy (non-hydrogen) atoms. The monoisotopic (exact) mass is 433 g/mol. The van der Waals surface area contributed by atoms with E-state index < -0.39 is 15.9 Å². The van der Waals surface area contributed by atoms with E-state index in [-0.39, 0.29) is 15.5 Å². The van der Waals surface area contributed by atoms with E-state index in [2.05, 4.69) is 15.4 Å². The molecular formula is C19H20ClN5O3S. The van der Waals surface area contributed by atoms with E-state index in [0.717, 1.165) is 0 Å². The average Bonchev–Trinajstić information content (AvgIpc) is 3.24. The SMILES string of the molecule is CCN(CC)S(=O)(=O)c1ccc(Cl)c(C(=O)Nc2cccnc2-n2cccn2)c1. The topological polar surface area (TPSA) is 97.2 Å². The van der Waals surface area contributed by atoms with E-state index in [1.807, 2.05) is 0 Å². The molecule has 0 saturated heterocycles. The minimum absolute atomic E-state index is 0.00855. The van der Waals surface area contributed by atoms with Crippen molar-refractivity contribution >= 4 is 33.2 Å². The molecule has 2 heterocycles. The van der Waals surface area contributed by atoms with Crippen molar-refractivity contribution in [3.63, 3.8) is 0 Å². The van der Waals surface area contributed by atoms with Gasteiger partial charge in [-0.15, -0.1) is 0 Å². The smallest absolute Gasteiger partial charge is 0.257 e. The number of sulfonamides is 1. The minimum Gasteiger partial charge on any atom is -0.319 e. The Morgan fingerprint density at radius 2 is 1.93 bits per heavy atom. The maximum absolute atomic E-state index is 12.9. The molecule has 0 aliphatic carbocycles. The first-order chi connectivity index (χ1) is 13.9. The van der Waals surface area contributed by atoms with Crippen LogP contribution in [-0.4, -0.2) is 46.5 Å². The molecule has 10 heteroatoms. The lowest BCUT2D eigenvalue weighted by molar-refractivity contribution is 0.102. The molecule has 3 rings (SSSR count). The molecule has 152 valence electrons. The number of carbonyl (C=O) groups excluding carboxylic acids is 1. The van der Waals surface area contributed by atoms with Gasteiger partial charge < -0.3 is 5.32 Å². The molecule has 3 aromatic rings. The third-order valence-electron chi connectivity index (χ3n) is 4.28. The molecule has 2 aromatic heterocycles. The van der Waals surface area contributed by atoms with E-state index >= 15 is 0 Å². The molecule has 1 N–H and O–H groups in total. The van der Waals surface area contributed by atoms with Gasteiger partial charge in [0.05, 0.1) is 21.2 Å². The summed E-state index contributed by atoms with van der Waals surface area (Å²) in [5.41, 5.74) is 0.462. The molecule has 0 aliphatic heterocycles. The predicted octanol–water partition coefficient (Wildman–Crippen LogP) is 3.20. The third kappa shape index (κ3) is 4.31. The standard InChI is InChI=1S/C19H20ClN5O3S/c1-3-24(4-2)29(27,28)14-8-9-16(20)15(13-14)19(26)23-17-7-5-10-21-18(17)25-12-6-11-22-25/h5-13H,3-4H2,1-2H3,(H,23,26). The van der Waals surface area contributed by atoms with Crippen LogP contribution in [0.4, 0.5) is 5.69 Å². The second-order valence-corrected chi connectivity index (χ2v) is 8.36. The number of anilines is 1. The van der Waals surface area contributed by atoms with Crippen molar-refractivity contribution < 1.29 is 13.2 Å². The Balaban J connectivity index is 1.96. The number of pyridine rings is 1. The van der Waals surface area contributed by atoms with E-state index in [1.54, 1.807) is 50.6 Å². The number of nitrogens with one attached hydrogen (secondary N) is 1. The molecule has 0 bridgehead atoms. The Hall–Kier alpha value is -2.75. The van der Waals surface area contributed by atoms with Gasteiger partial charge in [-0.2, -0.15) is 9.40 Å². The van der Waals surface area contributed by atoms with Gasteiger partial charge in [-0.05, 0) is 36.4 Å². The fraction of sp³-hybridized carbons (Fsp3) is 0.211. The number of nitrogens with zero attached hydrogens (tertiary/aromatic N) is 4. The van der Waals surface area contributed by atoms with Crippen LogP contribution in [0.1, 0.15) is 24.2 Å². The van der Waals surface area contributed by atoms with Gasteiger partial charge in [-0.3, -0.25) is 4.79 Å². The van der Waals surface area contributed by atoms with Gasteiger partial charge in [0.1, 0.15) is 0 Å². The van der Waals surface area contributed by atoms with E-state index in [1.165, 1.54) is 27.2 Å². The first-order valence-corrected chi connectivity index (χ1v) is 10.8. The highest BCUT2D eigenvalue weighted by molar-refractivity contribution is 7.89. The molecular weight excluding hydrogens is 414 g/mol. The van der Waals surface area contributed by atoms with Gasteiger partial charge in [-0.1, -0.05) is 25.4 Å². The first kappa shape index (κ1) is 21.0. The number of carbonyl (C=O) groups is 1. The summed E-state index contributed by atoms with van der Waals surface area (Å²) in [4.78, 5) is 17.1. The summed E-state index contributed by atoms with van der Waals surface area (Å²) in [6, 6.07) is 9.17. The molecule has 0 unspecified atom stereocenters. The van der Waals surface area contributed by atoms with E-state index in [4.69, 9.17) is 11.6 Å². The molecule has 8 nitrogen and oxygen atoms in total. The highest BCUT2D eigenvalue weighted by Crippen LogP contribution is 2.25. The number of hydrogen-bond donors (Lipinski definition) is 1. The number of hydrogen-bond acceptors (Lipinski definition) is 5. The quantitative estimate of drug-likeness (QED) is 0.617.